The highest BCUT2D eigenvalue weighted by Crippen LogP contribution is 2.60. The van der Waals surface area contributed by atoms with Crippen molar-refractivity contribution >= 4 is 29.2 Å². The Kier molecular flexibility index (Phi) is 3.86. The molecule has 0 saturated heterocycles. The van der Waals surface area contributed by atoms with Crippen LogP contribution in [0.4, 0.5) is 11.6 Å². The van der Waals surface area contributed by atoms with E-state index in [2.05, 4.69) is 20.7 Å². The van der Waals surface area contributed by atoms with E-state index in [0.717, 1.165) is 19.3 Å². The zero-order valence-corrected chi connectivity index (χ0v) is 15.9. The Bertz CT molecular complexity index is 931. The van der Waals surface area contributed by atoms with Gasteiger partial charge in [0.2, 0.25) is 11.9 Å². The van der Waals surface area contributed by atoms with Gasteiger partial charge in [-0.1, -0.05) is 0 Å². The lowest BCUT2D eigenvalue weighted by atomic mass is 9.49. The monoisotopic (exact) mass is 383 g/mol. The third-order valence-electron chi connectivity index (χ3n) is 6.81. The van der Waals surface area contributed by atoms with Crippen LogP contribution in [0.15, 0.2) is 12.1 Å². The fourth-order valence-electron chi connectivity index (χ4n) is 6.16. The van der Waals surface area contributed by atoms with Crippen LogP contribution in [0.2, 0.25) is 0 Å². The van der Waals surface area contributed by atoms with Crippen molar-refractivity contribution in [2.24, 2.45) is 23.2 Å². The summed E-state index contributed by atoms with van der Waals surface area (Å²) in [5.41, 5.74) is 0.602. The average molecular weight is 383 g/mol. The molecular weight excluding hydrogens is 358 g/mol. The SMILES string of the molecule is CCNc1ccc2nc(NC(=O)C34CC5CC(CC(C5)C3)C4)nn2c1C(=O)O. The van der Waals surface area contributed by atoms with Gasteiger partial charge < -0.3 is 10.4 Å². The van der Waals surface area contributed by atoms with Gasteiger partial charge in [-0.25, -0.2) is 9.31 Å². The predicted octanol–water partition coefficient (Wildman–Crippen LogP) is 3.01. The molecule has 4 aliphatic rings. The minimum absolute atomic E-state index is 0.00582. The number of pyridine rings is 1. The normalized spacial score (nSPS) is 30.5. The van der Waals surface area contributed by atoms with Crippen molar-refractivity contribution in [2.45, 2.75) is 45.4 Å². The van der Waals surface area contributed by atoms with Crippen molar-refractivity contribution < 1.29 is 14.7 Å². The summed E-state index contributed by atoms with van der Waals surface area (Å²) in [6.45, 7) is 2.49. The van der Waals surface area contributed by atoms with Gasteiger partial charge in [-0.2, -0.15) is 4.98 Å². The van der Waals surface area contributed by atoms with Gasteiger partial charge in [0.15, 0.2) is 11.3 Å². The molecule has 0 unspecified atom stereocenters. The molecule has 6 rings (SSSR count). The molecule has 4 bridgehead atoms. The number of nitrogens with one attached hydrogen (secondary N) is 2. The van der Waals surface area contributed by atoms with Gasteiger partial charge in [0.05, 0.1) is 11.1 Å². The first-order valence-corrected chi connectivity index (χ1v) is 10.2. The van der Waals surface area contributed by atoms with Crippen LogP contribution in [-0.4, -0.2) is 38.1 Å². The van der Waals surface area contributed by atoms with Crippen LogP contribution < -0.4 is 10.6 Å². The van der Waals surface area contributed by atoms with Crippen LogP contribution in [0, 0.1) is 23.2 Å². The first-order valence-electron chi connectivity index (χ1n) is 10.2. The molecule has 4 aliphatic carbocycles. The second kappa shape index (κ2) is 6.18. The Morgan fingerprint density at radius 3 is 2.39 bits per heavy atom. The number of carboxylic acid groups (broad SMARTS) is 1. The van der Waals surface area contributed by atoms with Crippen molar-refractivity contribution in [3.8, 4) is 0 Å². The molecule has 2 aromatic rings. The van der Waals surface area contributed by atoms with E-state index in [1.165, 1.54) is 23.8 Å². The highest BCUT2D eigenvalue weighted by Gasteiger charge is 2.54. The van der Waals surface area contributed by atoms with Crippen LogP contribution in [0.3, 0.4) is 0 Å². The fourth-order valence-corrected chi connectivity index (χ4v) is 6.16. The van der Waals surface area contributed by atoms with E-state index in [4.69, 9.17) is 0 Å². The molecule has 8 heteroatoms. The molecule has 0 atom stereocenters. The number of aromatic nitrogens is 3. The van der Waals surface area contributed by atoms with Gasteiger partial charge in [0, 0.05) is 6.54 Å². The highest BCUT2D eigenvalue weighted by molar-refractivity contribution is 5.95. The van der Waals surface area contributed by atoms with Crippen molar-refractivity contribution in [3.05, 3.63) is 17.8 Å². The second-order valence-corrected chi connectivity index (χ2v) is 8.79. The highest BCUT2D eigenvalue weighted by atomic mass is 16.4. The van der Waals surface area contributed by atoms with Crippen molar-refractivity contribution in [3.63, 3.8) is 0 Å². The van der Waals surface area contributed by atoms with Gasteiger partial charge in [-0.05, 0) is 75.3 Å². The molecule has 0 radical (unpaired) electrons. The third kappa shape index (κ3) is 2.65. The Hall–Kier alpha value is -2.64. The van der Waals surface area contributed by atoms with Gasteiger partial charge in [0.25, 0.3) is 0 Å². The molecule has 2 aromatic heterocycles. The van der Waals surface area contributed by atoms with Crippen molar-refractivity contribution in [1.29, 1.82) is 0 Å². The Morgan fingerprint density at radius 2 is 1.82 bits per heavy atom. The van der Waals surface area contributed by atoms with E-state index in [1.807, 2.05) is 6.92 Å². The summed E-state index contributed by atoms with van der Waals surface area (Å²) >= 11 is 0. The Labute approximate surface area is 162 Å². The Balaban J connectivity index is 1.45. The molecule has 2 heterocycles. The summed E-state index contributed by atoms with van der Waals surface area (Å²) in [6, 6.07) is 3.39. The number of hydrogen-bond donors (Lipinski definition) is 3. The Morgan fingerprint density at radius 1 is 1.18 bits per heavy atom. The van der Waals surface area contributed by atoms with E-state index in [-0.39, 0.29) is 23.0 Å². The molecule has 0 aliphatic heterocycles. The average Bonchev–Trinajstić information content (AvgIpc) is 3.02. The summed E-state index contributed by atoms with van der Waals surface area (Å²) in [6.07, 6.45) is 6.70. The largest absolute Gasteiger partial charge is 0.476 e. The van der Waals surface area contributed by atoms with Crippen LogP contribution >= 0.6 is 0 Å². The van der Waals surface area contributed by atoms with Gasteiger partial charge in [-0.15, -0.1) is 5.10 Å². The van der Waals surface area contributed by atoms with Gasteiger partial charge in [-0.3, -0.25) is 10.1 Å². The van der Waals surface area contributed by atoms with Crippen LogP contribution in [-0.2, 0) is 4.79 Å². The van der Waals surface area contributed by atoms with Crippen molar-refractivity contribution in [1.82, 2.24) is 14.6 Å². The first-order chi connectivity index (χ1) is 13.5. The van der Waals surface area contributed by atoms with Crippen molar-refractivity contribution in [2.75, 3.05) is 17.2 Å². The minimum Gasteiger partial charge on any atom is -0.476 e. The lowest BCUT2D eigenvalue weighted by molar-refractivity contribution is -0.140. The number of aromatic carboxylic acids is 1. The molecule has 8 nitrogen and oxygen atoms in total. The number of carboxylic acids is 1. The van der Waals surface area contributed by atoms with E-state index in [1.54, 1.807) is 12.1 Å². The van der Waals surface area contributed by atoms with E-state index in [9.17, 15) is 14.7 Å². The molecule has 3 N–H and O–H groups in total. The maximum Gasteiger partial charge on any atom is 0.356 e. The number of amides is 1. The van der Waals surface area contributed by atoms with E-state index < -0.39 is 5.97 Å². The van der Waals surface area contributed by atoms with Crippen LogP contribution in [0.25, 0.3) is 5.65 Å². The number of carbonyl (C=O) groups is 2. The van der Waals surface area contributed by atoms with E-state index >= 15 is 0 Å². The number of rotatable bonds is 5. The first kappa shape index (κ1) is 17.5. The number of nitrogens with zero attached hydrogens (tertiary/aromatic N) is 3. The molecule has 1 amide bonds. The van der Waals surface area contributed by atoms with Crippen LogP contribution in [0.1, 0.15) is 55.9 Å². The number of hydrogen-bond acceptors (Lipinski definition) is 5. The molecule has 4 fully saturated rings. The summed E-state index contributed by atoms with van der Waals surface area (Å²) < 4.78 is 1.29. The van der Waals surface area contributed by atoms with Gasteiger partial charge in [0.1, 0.15) is 0 Å². The third-order valence-corrected chi connectivity index (χ3v) is 6.81. The standard InChI is InChI=1S/C20H25N5O3/c1-2-21-14-3-4-15-22-19(24-25(15)16(14)17(26)27)23-18(28)20-8-11-5-12(9-20)7-13(6-11)10-20/h3-4,11-13,21H,2,5-10H2,1H3,(H,26,27)(H,23,24,28). The number of fused-ring (bicyclic) bond motifs is 1. The number of carbonyl (C=O) groups excluding carboxylic acids is 1. The van der Waals surface area contributed by atoms with E-state index in [0.29, 0.717) is 35.6 Å². The lowest BCUT2D eigenvalue weighted by Crippen LogP contribution is -2.51. The summed E-state index contributed by atoms with van der Waals surface area (Å²) in [7, 11) is 0. The molecule has 0 aromatic carbocycles. The smallest absolute Gasteiger partial charge is 0.356 e. The topological polar surface area (TPSA) is 109 Å². The number of anilines is 2. The summed E-state index contributed by atoms with van der Waals surface area (Å²) in [5, 5.41) is 19.9. The lowest BCUT2D eigenvalue weighted by Gasteiger charge is -2.55. The molecule has 148 valence electrons. The molecule has 0 spiro atoms. The summed E-state index contributed by atoms with van der Waals surface area (Å²) in [5.74, 6) is 1.11. The quantitative estimate of drug-likeness (QED) is 0.732. The zero-order valence-electron chi connectivity index (χ0n) is 15.9. The predicted molar refractivity (Wildman–Crippen MR) is 103 cm³/mol. The summed E-state index contributed by atoms with van der Waals surface area (Å²) in [4.78, 5) is 29.3. The maximum atomic E-state index is 13.2. The van der Waals surface area contributed by atoms with Crippen LogP contribution in [0.5, 0.6) is 0 Å². The zero-order chi connectivity index (χ0) is 19.5. The van der Waals surface area contributed by atoms with Gasteiger partial charge >= 0.3 is 5.97 Å². The molecular formula is C20H25N5O3. The minimum atomic E-state index is -1.09. The maximum absolute atomic E-state index is 13.2. The second-order valence-electron chi connectivity index (χ2n) is 8.79. The fraction of sp³-hybridized carbons (Fsp3) is 0.600. The molecule has 4 saturated carbocycles. The molecule has 28 heavy (non-hydrogen) atoms.